The summed E-state index contributed by atoms with van der Waals surface area (Å²) in [4.78, 5) is 33.4. The van der Waals surface area contributed by atoms with Crippen molar-refractivity contribution < 1.29 is 14.3 Å². The third kappa shape index (κ3) is 4.46. The molecule has 1 aliphatic carbocycles. The van der Waals surface area contributed by atoms with Crippen LogP contribution in [0.2, 0.25) is 0 Å². The molecule has 0 saturated heterocycles. The highest BCUT2D eigenvalue weighted by Gasteiger charge is 2.24. The molecule has 3 aromatic rings. The lowest BCUT2D eigenvalue weighted by atomic mass is 10.1. The van der Waals surface area contributed by atoms with Crippen LogP contribution >= 0.6 is 23.1 Å². The first kappa shape index (κ1) is 23.0. The fraction of sp³-hybridized carbons (Fsp3) is 0.400. The van der Waals surface area contributed by atoms with Crippen LogP contribution in [0.5, 0.6) is 11.5 Å². The molecule has 9 heteroatoms. The molecule has 1 N–H and O–H groups in total. The Morgan fingerprint density at radius 3 is 2.88 bits per heavy atom. The van der Waals surface area contributed by atoms with Crippen molar-refractivity contribution in [1.29, 1.82) is 0 Å². The van der Waals surface area contributed by atoms with Crippen molar-refractivity contribution in [3.63, 3.8) is 0 Å². The fourth-order valence-electron chi connectivity index (χ4n) is 4.35. The molecule has 3 heterocycles. The van der Waals surface area contributed by atoms with Crippen molar-refractivity contribution >= 4 is 44.9 Å². The van der Waals surface area contributed by atoms with Crippen molar-refractivity contribution in [2.24, 2.45) is 0 Å². The number of ether oxygens (including phenoxy) is 2. The minimum Gasteiger partial charge on any atom is -0.486 e. The van der Waals surface area contributed by atoms with Gasteiger partial charge in [0, 0.05) is 23.2 Å². The van der Waals surface area contributed by atoms with E-state index in [1.54, 1.807) is 40.2 Å². The van der Waals surface area contributed by atoms with Crippen molar-refractivity contribution in [1.82, 2.24) is 9.55 Å². The number of carbonyl (C=O) groups excluding carboxylic acids is 1. The van der Waals surface area contributed by atoms with Gasteiger partial charge < -0.3 is 14.8 Å². The van der Waals surface area contributed by atoms with Gasteiger partial charge in [0.15, 0.2) is 16.7 Å². The number of allylic oxidation sites excluding steroid dienone is 1. The largest absolute Gasteiger partial charge is 0.486 e. The lowest BCUT2D eigenvalue weighted by Gasteiger charge is -2.19. The molecule has 34 heavy (non-hydrogen) atoms. The van der Waals surface area contributed by atoms with Gasteiger partial charge >= 0.3 is 0 Å². The molecule has 7 nitrogen and oxygen atoms in total. The Bertz CT molecular complexity index is 1310. The Hall–Kier alpha value is -2.78. The number of anilines is 1. The highest BCUT2D eigenvalue weighted by Crippen LogP contribution is 2.35. The summed E-state index contributed by atoms with van der Waals surface area (Å²) in [5.74, 6) is 1.11. The third-order valence-corrected chi connectivity index (χ3v) is 8.34. The zero-order valence-corrected chi connectivity index (χ0v) is 20.7. The first-order valence-corrected chi connectivity index (χ1v) is 13.3. The molecule has 0 saturated carbocycles. The standard InChI is InChI=1S/C25H27N3O4S2/c1-3-11-28-24(30)21-17-7-5-4-6-8-20(17)34-23(21)27-25(28)33-15(2)22(29)26-16-9-10-18-19(14-16)32-13-12-31-18/h3,9-10,14-15H,1,4-8,11-13H2,2H3,(H,26,29)/t15-/m0/s1. The summed E-state index contributed by atoms with van der Waals surface area (Å²) in [6.07, 6.45) is 7.09. The number of nitrogens with zero attached hydrogens (tertiary/aromatic N) is 2. The number of amides is 1. The quantitative estimate of drug-likeness (QED) is 0.228. The van der Waals surface area contributed by atoms with E-state index in [4.69, 9.17) is 14.5 Å². The van der Waals surface area contributed by atoms with Gasteiger partial charge in [0.1, 0.15) is 18.0 Å². The van der Waals surface area contributed by atoms with E-state index in [0.717, 1.165) is 35.9 Å². The molecule has 0 radical (unpaired) electrons. The van der Waals surface area contributed by atoms with E-state index in [-0.39, 0.29) is 11.5 Å². The molecule has 178 valence electrons. The Balaban J connectivity index is 1.41. The Kier molecular flexibility index (Phi) is 6.65. The highest BCUT2D eigenvalue weighted by atomic mass is 32.2. The van der Waals surface area contributed by atoms with E-state index in [2.05, 4.69) is 11.9 Å². The average Bonchev–Trinajstić information content (AvgIpc) is 3.02. The van der Waals surface area contributed by atoms with Gasteiger partial charge in [-0.3, -0.25) is 14.2 Å². The molecule has 5 rings (SSSR count). The van der Waals surface area contributed by atoms with Crippen molar-refractivity contribution in [2.75, 3.05) is 18.5 Å². The number of hydrogen-bond acceptors (Lipinski definition) is 7. The molecular weight excluding hydrogens is 470 g/mol. The number of thiophene rings is 1. The second-order valence-electron chi connectivity index (χ2n) is 8.45. The van der Waals surface area contributed by atoms with Gasteiger partial charge in [-0.1, -0.05) is 24.3 Å². The zero-order chi connectivity index (χ0) is 23.7. The van der Waals surface area contributed by atoms with Gasteiger partial charge in [-0.05, 0) is 50.3 Å². The molecular formula is C25H27N3O4S2. The third-order valence-electron chi connectivity index (χ3n) is 6.06. The number of aromatic nitrogens is 2. The minimum absolute atomic E-state index is 0.0359. The maximum atomic E-state index is 13.5. The van der Waals surface area contributed by atoms with Crippen LogP contribution in [-0.2, 0) is 24.2 Å². The number of fused-ring (bicyclic) bond motifs is 4. The summed E-state index contributed by atoms with van der Waals surface area (Å²) in [6, 6.07) is 5.35. The van der Waals surface area contributed by atoms with Crippen LogP contribution in [0.4, 0.5) is 5.69 Å². The summed E-state index contributed by atoms with van der Waals surface area (Å²) in [5, 5.41) is 3.76. The van der Waals surface area contributed by atoms with E-state index in [1.807, 2.05) is 6.92 Å². The van der Waals surface area contributed by atoms with Crippen LogP contribution in [0.3, 0.4) is 0 Å². The van der Waals surface area contributed by atoms with Gasteiger partial charge in [0.05, 0.1) is 10.6 Å². The molecule has 0 bridgehead atoms. The van der Waals surface area contributed by atoms with Crippen LogP contribution in [0, 0.1) is 0 Å². The molecule has 2 aliphatic rings. The topological polar surface area (TPSA) is 82.5 Å². The van der Waals surface area contributed by atoms with E-state index in [9.17, 15) is 9.59 Å². The fourth-order valence-corrected chi connectivity index (χ4v) is 6.57. The van der Waals surface area contributed by atoms with Crippen LogP contribution in [-0.4, -0.2) is 33.9 Å². The second kappa shape index (κ2) is 9.84. The predicted octanol–water partition coefficient (Wildman–Crippen LogP) is 4.80. The van der Waals surface area contributed by atoms with Crippen molar-refractivity contribution in [3.8, 4) is 11.5 Å². The zero-order valence-electron chi connectivity index (χ0n) is 19.1. The molecule has 1 aromatic carbocycles. The highest BCUT2D eigenvalue weighted by molar-refractivity contribution is 8.00. The van der Waals surface area contributed by atoms with Crippen LogP contribution in [0.15, 0.2) is 40.8 Å². The summed E-state index contributed by atoms with van der Waals surface area (Å²) in [5.41, 5.74) is 1.77. The van der Waals surface area contributed by atoms with E-state index >= 15 is 0 Å². The monoisotopic (exact) mass is 497 g/mol. The van der Waals surface area contributed by atoms with Crippen molar-refractivity contribution in [2.45, 2.75) is 56.0 Å². The maximum Gasteiger partial charge on any atom is 0.263 e. The summed E-state index contributed by atoms with van der Waals surface area (Å²) in [7, 11) is 0. The summed E-state index contributed by atoms with van der Waals surface area (Å²) >= 11 is 2.92. The normalized spacial score (nSPS) is 15.9. The molecule has 1 aliphatic heterocycles. The first-order valence-electron chi connectivity index (χ1n) is 11.6. The Morgan fingerprint density at radius 1 is 1.26 bits per heavy atom. The van der Waals surface area contributed by atoms with Crippen LogP contribution < -0.4 is 20.3 Å². The van der Waals surface area contributed by atoms with E-state index < -0.39 is 5.25 Å². The number of rotatable bonds is 6. The van der Waals surface area contributed by atoms with Crippen molar-refractivity contribution in [3.05, 3.63) is 51.6 Å². The van der Waals surface area contributed by atoms with Gasteiger partial charge in [0.25, 0.3) is 5.56 Å². The van der Waals surface area contributed by atoms with Gasteiger partial charge in [-0.15, -0.1) is 17.9 Å². The number of carbonyl (C=O) groups is 1. The lowest BCUT2D eigenvalue weighted by molar-refractivity contribution is -0.115. The number of nitrogens with one attached hydrogen (secondary N) is 1. The number of thioether (sulfide) groups is 1. The van der Waals surface area contributed by atoms with Crippen LogP contribution in [0.25, 0.3) is 10.2 Å². The lowest BCUT2D eigenvalue weighted by Crippen LogP contribution is -2.27. The minimum atomic E-state index is -0.466. The molecule has 0 fully saturated rings. The first-order chi connectivity index (χ1) is 16.5. The molecule has 2 aromatic heterocycles. The molecule has 1 amide bonds. The SMILES string of the molecule is C=CCn1c(S[C@@H](C)C(=O)Nc2ccc3c(c2)OCCO3)nc2sc3c(c2c1=O)CCCCC3. The second-order valence-corrected chi connectivity index (χ2v) is 10.8. The Labute approximate surface area is 206 Å². The number of benzene rings is 1. The number of hydrogen-bond donors (Lipinski definition) is 1. The average molecular weight is 498 g/mol. The summed E-state index contributed by atoms with van der Waals surface area (Å²) < 4.78 is 12.8. The Morgan fingerprint density at radius 2 is 2.06 bits per heavy atom. The van der Waals surface area contributed by atoms with E-state index in [0.29, 0.717) is 42.1 Å². The summed E-state index contributed by atoms with van der Waals surface area (Å²) in [6.45, 7) is 6.99. The van der Waals surface area contributed by atoms with Gasteiger partial charge in [0.2, 0.25) is 5.91 Å². The molecule has 0 unspecified atom stereocenters. The predicted molar refractivity (Wildman–Crippen MR) is 137 cm³/mol. The van der Waals surface area contributed by atoms with E-state index in [1.165, 1.54) is 28.6 Å². The maximum absolute atomic E-state index is 13.5. The molecule has 0 spiro atoms. The number of aryl methyl sites for hydroxylation is 2. The molecule has 1 atom stereocenters. The smallest absolute Gasteiger partial charge is 0.263 e. The van der Waals surface area contributed by atoms with Gasteiger partial charge in [-0.2, -0.15) is 0 Å². The van der Waals surface area contributed by atoms with Crippen LogP contribution in [0.1, 0.15) is 36.6 Å². The van der Waals surface area contributed by atoms with Gasteiger partial charge in [-0.25, -0.2) is 4.98 Å².